The van der Waals surface area contributed by atoms with E-state index in [2.05, 4.69) is 33.9 Å². The first-order valence-electron chi connectivity index (χ1n) is 7.54. The van der Waals surface area contributed by atoms with Crippen LogP contribution in [0.25, 0.3) is 0 Å². The summed E-state index contributed by atoms with van der Waals surface area (Å²) >= 11 is 0. The predicted octanol–water partition coefficient (Wildman–Crippen LogP) is 4.06. The zero-order valence-corrected chi connectivity index (χ0v) is 13.9. The summed E-state index contributed by atoms with van der Waals surface area (Å²) in [5.41, 5.74) is 0.469. The number of hydrogen-bond donors (Lipinski definition) is 0. The van der Waals surface area contributed by atoms with Crippen LogP contribution >= 0.6 is 0 Å². The van der Waals surface area contributed by atoms with Crippen molar-refractivity contribution in [1.82, 2.24) is 0 Å². The minimum atomic E-state index is -0.322. The molecule has 4 nitrogen and oxygen atoms in total. The molecular weight excluding hydrogens is 268 g/mol. The van der Waals surface area contributed by atoms with Crippen LogP contribution in [0.15, 0.2) is 24.8 Å². The fourth-order valence-electron chi connectivity index (χ4n) is 1.22. The van der Waals surface area contributed by atoms with Crippen LogP contribution < -0.4 is 0 Å². The average Bonchev–Trinajstić information content (AvgIpc) is 2.48. The van der Waals surface area contributed by atoms with E-state index in [1.807, 2.05) is 0 Å². The molecule has 0 aliphatic heterocycles. The van der Waals surface area contributed by atoms with Gasteiger partial charge in [-0.15, -0.1) is 0 Å². The van der Waals surface area contributed by atoms with E-state index in [1.165, 1.54) is 6.08 Å². The summed E-state index contributed by atoms with van der Waals surface area (Å²) in [4.78, 5) is 21.3. The molecule has 0 amide bonds. The molecule has 0 fully saturated rings. The van der Waals surface area contributed by atoms with Crippen molar-refractivity contribution in [2.24, 2.45) is 5.92 Å². The number of esters is 2. The number of rotatable bonds is 9. The molecule has 0 aromatic carbocycles. The fraction of sp³-hybridized carbons (Fsp3) is 0.647. The van der Waals surface area contributed by atoms with Crippen molar-refractivity contribution < 1.29 is 19.1 Å². The quantitative estimate of drug-likeness (QED) is 0.366. The van der Waals surface area contributed by atoms with E-state index in [4.69, 9.17) is 9.47 Å². The molecule has 0 radical (unpaired) electrons. The van der Waals surface area contributed by atoms with Gasteiger partial charge in [-0.1, -0.05) is 53.2 Å². The van der Waals surface area contributed by atoms with Gasteiger partial charge in [0.15, 0.2) is 0 Å². The first-order chi connectivity index (χ1) is 9.92. The molecule has 0 saturated carbocycles. The van der Waals surface area contributed by atoms with Crippen molar-refractivity contribution in [2.45, 2.75) is 53.4 Å². The molecule has 21 heavy (non-hydrogen) atoms. The Hall–Kier alpha value is -1.58. The molecule has 0 bridgehead atoms. The number of hydrogen-bond acceptors (Lipinski definition) is 4. The van der Waals surface area contributed by atoms with E-state index in [1.54, 1.807) is 6.92 Å². The number of ether oxygens (including phenoxy) is 2. The highest BCUT2D eigenvalue weighted by atomic mass is 16.5. The molecule has 0 heterocycles. The molecular formula is C17H30O4. The highest BCUT2D eigenvalue weighted by molar-refractivity contribution is 5.86. The normalized spacial score (nSPS) is 9.38. The highest BCUT2D eigenvalue weighted by Crippen LogP contribution is 2.07. The summed E-state index contributed by atoms with van der Waals surface area (Å²) in [7, 11) is 0. The minimum Gasteiger partial charge on any atom is -0.462 e. The average molecular weight is 298 g/mol. The van der Waals surface area contributed by atoms with Crippen LogP contribution in [-0.4, -0.2) is 25.2 Å². The Morgan fingerprint density at radius 1 is 1.14 bits per heavy atom. The van der Waals surface area contributed by atoms with Gasteiger partial charge in [-0.05, 0) is 19.3 Å². The first-order valence-corrected chi connectivity index (χ1v) is 7.54. The molecule has 122 valence electrons. The third kappa shape index (κ3) is 14.6. The highest BCUT2D eigenvalue weighted by Gasteiger charge is 2.05. The molecule has 0 rings (SSSR count). The van der Waals surface area contributed by atoms with Crippen molar-refractivity contribution in [3.63, 3.8) is 0 Å². The fourth-order valence-corrected chi connectivity index (χ4v) is 1.22. The van der Waals surface area contributed by atoms with Crippen LogP contribution in [0.3, 0.4) is 0 Å². The molecule has 0 spiro atoms. The zero-order chi connectivity index (χ0) is 16.7. The van der Waals surface area contributed by atoms with E-state index >= 15 is 0 Å². The molecule has 0 N–H and O–H groups in total. The minimum absolute atomic E-state index is 0.284. The van der Waals surface area contributed by atoms with Crippen LogP contribution in [0.5, 0.6) is 0 Å². The van der Waals surface area contributed by atoms with Crippen molar-refractivity contribution >= 4 is 11.9 Å². The maximum Gasteiger partial charge on any atom is 0.333 e. The molecule has 0 unspecified atom stereocenters. The lowest BCUT2D eigenvalue weighted by molar-refractivity contribution is -0.140. The smallest absolute Gasteiger partial charge is 0.333 e. The van der Waals surface area contributed by atoms with Gasteiger partial charge in [0.05, 0.1) is 13.2 Å². The zero-order valence-electron chi connectivity index (χ0n) is 13.9. The van der Waals surface area contributed by atoms with Crippen molar-refractivity contribution in [3.05, 3.63) is 24.8 Å². The summed E-state index contributed by atoms with van der Waals surface area (Å²) in [6.07, 6.45) is 5.28. The second-order valence-electron chi connectivity index (χ2n) is 4.79. The summed E-state index contributed by atoms with van der Waals surface area (Å²) in [5, 5.41) is 0. The van der Waals surface area contributed by atoms with Gasteiger partial charge in [-0.3, -0.25) is 0 Å². The number of unbranched alkanes of at least 4 members (excludes halogenated alkanes) is 1. The molecule has 0 aromatic rings. The Morgan fingerprint density at radius 2 is 1.71 bits per heavy atom. The van der Waals surface area contributed by atoms with Gasteiger partial charge in [-0.25, -0.2) is 9.59 Å². The van der Waals surface area contributed by atoms with E-state index in [0.717, 1.165) is 25.7 Å². The summed E-state index contributed by atoms with van der Waals surface area (Å²) in [6, 6.07) is 0. The molecule has 4 heteroatoms. The standard InChI is InChI=1S/C9H16O2.C8H14O2/c1-4-8(5-2)7-11-9(10)6-3;1-4-5-6-10-8(9)7(2)3/h6,8H,3-5,7H2,1-2H3;2,4-6H2,1,3H3. The van der Waals surface area contributed by atoms with E-state index in [-0.39, 0.29) is 11.9 Å². The summed E-state index contributed by atoms with van der Waals surface area (Å²) < 4.78 is 9.68. The summed E-state index contributed by atoms with van der Waals surface area (Å²) in [6.45, 7) is 15.7. The van der Waals surface area contributed by atoms with Gasteiger partial charge in [0.25, 0.3) is 0 Å². The lowest BCUT2D eigenvalue weighted by atomic mass is 10.1. The van der Waals surface area contributed by atoms with Crippen molar-refractivity contribution in [2.75, 3.05) is 13.2 Å². The maximum atomic E-state index is 10.7. The molecule has 0 aliphatic carbocycles. The Kier molecular flexibility index (Phi) is 15.3. The van der Waals surface area contributed by atoms with Crippen LogP contribution in [-0.2, 0) is 19.1 Å². The summed E-state index contributed by atoms with van der Waals surface area (Å²) in [5.74, 6) is -0.107. The van der Waals surface area contributed by atoms with Crippen LogP contribution in [0.2, 0.25) is 0 Å². The molecule has 0 aliphatic rings. The third-order valence-electron chi connectivity index (χ3n) is 2.86. The number of carbonyl (C=O) groups is 2. The molecule has 0 atom stereocenters. The van der Waals surface area contributed by atoms with Crippen LogP contribution in [0.4, 0.5) is 0 Å². The van der Waals surface area contributed by atoms with Gasteiger partial charge < -0.3 is 9.47 Å². The Bertz CT molecular complexity index is 317. The van der Waals surface area contributed by atoms with Gasteiger partial charge in [0.2, 0.25) is 0 Å². The second kappa shape index (κ2) is 14.8. The first kappa shape index (κ1) is 21.7. The van der Waals surface area contributed by atoms with Gasteiger partial charge in [0.1, 0.15) is 0 Å². The third-order valence-corrected chi connectivity index (χ3v) is 2.86. The van der Waals surface area contributed by atoms with Crippen molar-refractivity contribution in [3.8, 4) is 0 Å². The monoisotopic (exact) mass is 298 g/mol. The topological polar surface area (TPSA) is 52.6 Å². The number of carbonyl (C=O) groups excluding carboxylic acids is 2. The van der Waals surface area contributed by atoms with Crippen LogP contribution in [0, 0.1) is 5.92 Å². The van der Waals surface area contributed by atoms with Crippen LogP contribution in [0.1, 0.15) is 53.4 Å². The Balaban J connectivity index is 0. The van der Waals surface area contributed by atoms with E-state index in [0.29, 0.717) is 24.7 Å². The van der Waals surface area contributed by atoms with Gasteiger partial charge >= 0.3 is 11.9 Å². The van der Waals surface area contributed by atoms with Crippen molar-refractivity contribution in [1.29, 1.82) is 0 Å². The Labute approximate surface area is 129 Å². The molecule has 0 saturated heterocycles. The SMILES string of the molecule is C=C(C)C(=O)OCCCC.C=CC(=O)OCC(CC)CC. The lowest BCUT2D eigenvalue weighted by Gasteiger charge is -2.10. The Morgan fingerprint density at radius 3 is 2.10 bits per heavy atom. The molecule has 0 aromatic heterocycles. The maximum absolute atomic E-state index is 10.7. The van der Waals surface area contributed by atoms with E-state index < -0.39 is 0 Å². The van der Waals surface area contributed by atoms with E-state index in [9.17, 15) is 9.59 Å². The van der Waals surface area contributed by atoms with Gasteiger partial charge in [-0.2, -0.15) is 0 Å². The largest absolute Gasteiger partial charge is 0.462 e. The predicted molar refractivity (Wildman–Crippen MR) is 85.9 cm³/mol. The second-order valence-corrected chi connectivity index (χ2v) is 4.79. The van der Waals surface area contributed by atoms with Gasteiger partial charge in [0, 0.05) is 11.6 Å². The lowest BCUT2D eigenvalue weighted by Crippen LogP contribution is -2.10.